The molecule has 0 atom stereocenters. The average molecular weight is 499 g/mol. The molecule has 3 aromatic heterocycles. The average Bonchev–Trinajstić information content (AvgIpc) is 3.31. The van der Waals surface area contributed by atoms with Gasteiger partial charge in [-0.2, -0.15) is 18.3 Å². The molecule has 5 aromatic rings. The van der Waals surface area contributed by atoms with Crippen LogP contribution in [0.2, 0.25) is 0 Å². The smallest absolute Gasteiger partial charge is 0.322 e. The molecular weight excluding hydrogens is 479 g/mol. The lowest BCUT2D eigenvalue weighted by Crippen LogP contribution is -2.14. The minimum Gasteiger partial charge on any atom is -0.322 e. The first kappa shape index (κ1) is 23.9. The number of fused-ring (bicyclic) bond motifs is 1. The molecule has 0 saturated heterocycles. The molecule has 0 spiro atoms. The molecule has 5 rings (SSSR count). The minimum absolute atomic E-state index is 0.0427. The van der Waals surface area contributed by atoms with Crippen LogP contribution in [-0.4, -0.2) is 25.5 Å². The van der Waals surface area contributed by atoms with Crippen molar-refractivity contribution in [2.24, 2.45) is 0 Å². The van der Waals surface area contributed by atoms with Crippen LogP contribution in [0, 0.1) is 6.92 Å². The lowest BCUT2D eigenvalue weighted by atomic mass is 10.0. The second-order valence-corrected chi connectivity index (χ2v) is 8.37. The molecule has 0 radical (unpaired) electrons. The third kappa shape index (κ3) is 5.25. The molecule has 0 bridgehead atoms. The Morgan fingerprint density at radius 3 is 2.54 bits per heavy atom. The third-order valence-corrected chi connectivity index (χ3v) is 5.81. The van der Waals surface area contributed by atoms with Gasteiger partial charge in [0.1, 0.15) is 0 Å². The van der Waals surface area contributed by atoms with E-state index in [9.17, 15) is 18.0 Å². The Labute approximate surface area is 210 Å². The zero-order chi connectivity index (χ0) is 26.0. The highest BCUT2D eigenvalue weighted by molar-refractivity contribution is 6.05. The van der Waals surface area contributed by atoms with Crippen LogP contribution in [-0.2, 0) is 6.18 Å². The molecule has 37 heavy (non-hydrogen) atoms. The summed E-state index contributed by atoms with van der Waals surface area (Å²) in [6.07, 6.45) is 5.46. The van der Waals surface area contributed by atoms with Crippen molar-refractivity contribution in [2.75, 3.05) is 5.32 Å². The molecule has 0 unspecified atom stereocenters. The number of nitrogens with zero attached hydrogens (tertiary/aromatic N) is 4. The second-order valence-electron chi connectivity index (χ2n) is 8.37. The van der Waals surface area contributed by atoms with Gasteiger partial charge in [-0.3, -0.25) is 9.78 Å². The zero-order valence-corrected chi connectivity index (χ0v) is 19.6. The Hall–Kier alpha value is -4.79. The molecule has 9 heteroatoms. The molecule has 0 saturated carbocycles. The number of aryl methyl sites for hydroxylation is 1. The number of nitrogens with one attached hydrogen (secondary N) is 1. The summed E-state index contributed by atoms with van der Waals surface area (Å²) in [5, 5.41) is 6.90. The number of benzene rings is 2. The maximum Gasteiger partial charge on any atom is 0.416 e. The van der Waals surface area contributed by atoms with Crippen molar-refractivity contribution in [3.05, 3.63) is 113 Å². The van der Waals surface area contributed by atoms with Gasteiger partial charge in [0.15, 0.2) is 5.65 Å². The molecule has 1 amide bonds. The van der Waals surface area contributed by atoms with Gasteiger partial charge in [-0.1, -0.05) is 12.1 Å². The predicted octanol–water partition coefficient (Wildman–Crippen LogP) is 6.54. The number of hydrogen-bond acceptors (Lipinski definition) is 4. The summed E-state index contributed by atoms with van der Waals surface area (Å²) in [7, 11) is 0. The van der Waals surface area contributed by atoms with E-state index in [0.29, 0.717) is 22.3 Å². The molecule has 1 N–H and O–H groups in total. The van der Waals surface area contributed by atoms with E-state index in [1.54, 1.807) is 53.3 Å². The minimum atomic E-state index is -4.57. The van der Waals surface area contributed by atoms with E-state index in [4.69, 9.17) is 0 Å². The van der Waals surface area contributed by atoms with E-state index in [2.05, 4.69) is 20.4 Å². The quantitative estimate of drug-likeness (QED) is 0.298. The van der Waals surface area contributed by atoms with Gasteiger partial charge < -0.3 is 5.32 Å². The van der Waals surface area contributed by atoms with E-state index in [0.717, 1.165) is 29.0 Å². The van der Waals surface area contributed by atoms with Crippen LogP contribution in [0.4, 0.5) is 18.9 Å². The number of carbonyl (C=O) groups is 1. The summed E-state index contributed by atoms with van der Waals surface area (Å²) in [6.45, 7) is 1.90. The third-order valence-electron chi connectivity index (χ3n) is 5.81. The summed E-state index contributed by atoms with van der Waals surface area (Å²) in [6, 6.07) is 15.5. The maximum absolute atomic E-state index is 13.6. The van der Waals surface area contributed by atoms with Gasteiger partial charge >= 0.3 is 6.18 Å². The number of anilines is 1. The van der Waals surface area contributed by atoms with Crippen molar-refractivity contribution in [2.45, 2.75) is 13.1 Å². The summed E-state index contributed by atoms with van der Waals surface area (Å²) in [5.74, 6) is -0.522. The van der Waals surface area contributed by atoms with E-state index in [-0.39, 0.29) is 5.69 Å². The Bertz CT molecular complexity index is 1620. The lowest BCUT2D eigenvalue weighted by Gasteiger charge is -2.14. The van der Waals surface area contributed by atoms with Gasteiger partial charge in [-0.15, -0.1) is 0 Å². The largest absolute Gasteiger partial charge is 0.416 e. The van der Waals surface area contributed by atoms with Gasteiger partial charge in [0.25, 0.3) is 5.91 Å². The SMILES string of the molecule is Cc1ccc(C(=O)Nc2cc(-c3ccncc3)cc(C(F)(F)F)c2)cc1C=Cc1cnc2cccnn12. The summed E-state index contributed by atoms with van der Waals surface area (Å²) in [4.78, 5) is 21.3. The van der Waals surface area contributed by atoms with Crippen molar-refractivity contribution in [1.82, 2.24) is 19.6 Å². The number of hydrogen-bond donors (Lipinski definition) is 1. The number of pyridine rings is 1. The molecule has 2 aromatic carbocycles. The maximum atomic E-state index is 13.6. The fourth-order valence-corrected chi connectivity index (χ4v) is 3.88. The number of rotatable bonds is 5. The van der Waals surface area contributed by atoms with Gasteiger partial charge in [0, 0.05) is 29.8 Å². The van der Waals surface area contributed by atoms with Gasteiger partial charge in [0.2, 0.25) is 0 Å². The summed E-state index contributed by atoms with van der Waals surface area (Å²) in [5.41, 5.74) is 3.55. The van der Waals surface area contributed by atoms with Crippen molar-refractivity contribution < 1.29 is 18.0 Å². The van der Waals surface area contributed by atoms with Gasteiger partial charge in [0.05, 0.1) is 17.5 Å². The van der Waals surface area contributed by atoms with Gasteiger partial charge in [-0.05, 0) is 89.9 Å². The van der Waals surface area contributed by atoms with E-state index >= 15 is 0 Å². The van der Waals surface area contributed by atoms with Crippen LogP contribution < -0.4 is 5.32 Å². The van der Waals surface area contributed by atoms with E-state index < -0.39 is 17.6 Å². The fraction of sp³-hybridized carbons (Fsp3) is 0.0714. The van der Waals surface area contributed by atoms with Crippen molar-refractivity contribution in [3.63, 3.8) is 0 Å². The fourth-order valence-electron chi connectivity index (χ4n) is 3.88. The first-order valence-electron chi connectivity index (χ1n) is 11.3. The Balaban J connectivity index is 1.43. The number of alkyl halides is 3. The monoisotopic (exact) mass is 499 g/mol. The van der Waals surface area contributed by atoms with Crippen LogP contribution in [0.1, 0.15) is 32.7 Å². The Morgan fingerprint density at radius 1 is 0.946 bits per heavy atom. The van der Waals surface area contributed by atoms with Crippen LogP contribution in [0.5, 0.6) is 0 Å². The molecule has 6 nitrogen and oxygen atoms in total. The van der Waals surface area contributed by atoms with Crippen LogP contribution in [0.15, 0.2) is 85.5 Å². The summed E-state index contributed by atoms with van der Waals surface area (Å²) < 4.78 is 42.4. The van der Waals surface area contributed by atoms with Crippen molar-refractivity contribution >= 4 is 29.4 Å². The van der Waals surface area contributed by atoms with Crippen molar-refractivity contribution in [1.29, 1.82) is 0 Å². The first-order chi connectivity index (χ1) is 17.8. The molecule has 184 valence electrons. The molecule has 0 fully saturated rings. The van der Waals surface area contributed by atoms with Crippen LogP contribution in [0.3, 0.4) is 0 Å². The standard InChI is InChI=1S/C28H20F3N5O/c1-18-4-5-21(13-20(18)6-7-25-17-33-26-3-2-10-34-36(25)26)27(37)35-24-15-22(19-8-11-32-12-9-19)14-23(16-24)28(29,30)31/h2-17H,1H3,(H,35,37). The topological polar surface area (TPSA) is 72.2 Å². The highest BCUT2D eigenvalue weighted by Crippen LogP contribution is 2.35. The second kappa shape index (κ2) is 9.69. The van der Waals surface area contributed by atoms with Crippen molar-refractivity contribution in [3.8, 4) is 11.1 Å². The summed E-state index contributed by atoms with van der Waals surface area (Å²) >= 11 is 0. The Morgan fingerprint density at radius 2 is 1.76 bits per heavy atom. The predicted molar refractivity (Wildman–Crippen MR) is 136 cm³/mol. The number of halogens is 3. The highest BCUT2D eigenvalue weighted by atomic mass is 19.4. The normalized spacial score (nSPS) is 11.8. The zero-order valence-electron chi connectivity index (χ0n) is 19.6. The molecule has 0 aliphatic carbocycles. The highest BCUT2D eigenvalue weighted by Gasteiger charge is 2.31. The number of carbonyl (C=O) groups excluding carboxylic acids is 1. The van der Waals surface area contributed by atoms with E-state index in [1.165, 1.54) is 18.5 Å². The molecule has 0 aliphatic heterocycles. The first-order valence-corrected chi connectivity index (χ1v) is 11.3. The van der Waals surface area contributed by atoms with Gasteiger partial charge in [-0.25, -0.2) is 9.50 Å². The number of amides is 1. The Kier molecular flexibility index (Phi) is 6.27. The van der Waals surface area contributed by atoms with Crippen LogP contribution in [0.25, 0.3) is 28.9 Å². The van der Waals surface area contributed by atoms with E-state index in [1.807, 2.05) is 25.1 Å². The molecule has 3 heterocycles. The number of aromatic nitrogens is 4. The molecule has 0 aliphatic rings. The lowest BCUT2D eigenvalue weighted by molar-refractivity contribution is -0.137. The molecular formula is C28H20F3N5O. The van der Waals surface area contributed by atoms with Crippen LogP contribution >= 0.6 is 0 Å². The number of imidazole rings is 1.